The summed E-state index contributed by atoms with van der Waals surface area (Å²) in [5, 5.41) is 7.38. The van der Waals surface area contributed by atoms with Gasteiger partial charge >= 0.3 is 0 Å². The van der Waals surface area contributed by atoms with E-state index in [0.29, 0.717) is 6.04 Å². The van der Waals surface area contributed by atoms with Crippen molar-refractivity contribution in [1.29, 1.82) is 0 Å². The van der Waals surface area contributed by atoms with Crippen LogP contribution in [0.15, 0.2) is 6.20 Å². The van der Waals surface area contributed by atoms with Crippen LogP contribution in [0.1, 0.15) is 49.4 Å². The number of likely N-dealkylation sites (tertiary alicyclic amines) is 1. The Morgan fingerprint density at radius 1 is 1.38 bits per heavy atom. The molecule has 2 aliphatic rings. The minimum absolute atomic E-state index is 0.608. The molecule has 1 aliphatic heterocycles. The first-order valence-electron chi connectivity index (χ1n) is 6.58. The van der Waals surface area contributed by atoms with E-state index in [1.165, 1.54) is 56.5 Å². The molecule has 1 N–H and O–H groups in total. The number of hydrogen-bond donors (Lipinski definition) is 1. The van der Waals surface area contributed by atoms with Crippen LogP contribution in [0.25, 0.3) is 0 Å². The molecule has 2 fully saturated rings. The largest absolute Gasteiger partial charge is 0.295 e. The Bertz CT molecular complexity index is 354. The maximum absolute atomic E-state index is 4.17. The zero-order valence-electron chi connectivity index (χ0n) is 10.1. The lowest BCUT2D eigenvalue weighted by Crippen LogP contribution is -2.35. The summed E-state index contributed by atoms with van der Waals surface area (Å²) in [6.07, 6.45) is 8.89. The van der Waals surface area contributed by atoms with Gasteiger partial charge in [-0.25, -0.2) is 0 Å². The molecule has 0 amide bonds. The van der Waals surface area contributed by atoms with Crippen molar-refractivity contribution in [1.82, 2.24) is 15.1 Å². The fraction of sp³-hybridized carbons (Fsp3) is 0.769. The van der Waals surface area contributed by atoms with Gasteiger partial charge in [-0.05, 0) is 50.6 Å². The zero-order valence-corrected chi connectivity index (χ0v) is 10.1. The van der Waals surface area contributed by atoms with Gasteiger partial charge < -0.3 is 0 Å². The summed E-state index contributed by atoms with van der Waals surface area (Å²) in [6.45, 7) is 4.76. The smallest absolute Gasteiger partial charge is 0.0552 e. The molecule has 1 saturated carbocycles. The predicted octanol–water partition coefficient (Wildman–Crippen LogP) is 2.66. The van der Waals surface area contributed by atoms with E-state index in [2.05, 4.69) is 22.0 Å². The Kier molecular flexibility index (Phi) is 2.72. The highest BCUT2D eigenvalue weighted by molar-refractivity contribution is 5.18. The van der Waals surface area contributed by atoms with Gasteiger partial charge in [0.1, 0.15) is 0 Å². The molecule has 1 atom stereocenters. The first kappa shape index (κ1) is 10.3. The van der Waals surface area contributed by atoms with Crippen LogP contribution in [0.2, 0.25) is 0 Å². The Balaban J connectivity index is 1.76. The summed E-state index contributed by atoms with van der Waals surface area (Å²) in [7, 11) is 0. The summed E-state index contributed by atoms with van der Waals surface area (Å²) in [5.41, 5.74) is 2.69. The molecule has 0 radical (unpaired) electrons. The van der Waals surface area contributed by atoms with Crippen molar-refractivity contribution in [3.63, 3.8) is 0 Å². The van der Waals surface area contributed by atoms with Gasteiger partial charge in [0, 0.05) is 6.54 Å². The van der Waals surface area contributed by atoms with Crippen molar-refractivity contribution in [2.24, 2.45) is 5.92 Å². The second kappa shape index (κ2) is 4.21. The van der Waals surface area contributed by atoms with Gasteiger partial charge in [-0.1, -0.05) is 6.42 Å². The van der Waals surface area contributed by atoms with Crippen LogP contribution < -0.4 is 0 Å². The standard InChI is InChI=1S/C13H21N3/c1-10-8-14-15-13(10)12-4-2-3-7-16(12)9-11-5-6-11/h8,11-12H,2-7,9H2,1H3,(H,14,15). The van der Waals surface area contributed by atoms with Crippen LogP contribution in [0.3, 0.4) is 0 Å². The molecule has 0 aromatic carbocycles. The molecule has 0 bridgehead atoms. The van der Waals surface area contributed by atoms with E-state index in [0.717, 1.165) is 5.92 Å². The van der Waals surface area contributed by atoms with Crippen molar-refractivity contribution >= 4 is 0 Å². The lowest BCUT2D eigenvalue weighted by Gasteiger charge is -2.35. The average molecular weight is 219 g/mol. The van der Waals surface area contributed by atoms with Gasteiger partial charge in [-0.15, -0.1) is 0 Å². The van der Waals surface area contributed by atoms with Crippen LogP contribution >= 0.6 is 0 Å². The Morgan fingerprint density at radius 2 is 2.25 bits per heavy atom. The molecule has 3 rings (SSSR count). The average Bonchev–Trinajstić information content (AvgIpc) is 3.00. The summed E-state index contributed by atoms with van der Waals surface area (Å²) >= 11 is 0. The molecule has 1 aromatic rings. The van der Waals surface area contributed by atoms with Crippen molar-refractivity contribution in [2.45, 2.75) is 45.1 Å². The van der Waals surface area contributed by atoms with E-state index in [4.69, 9.17) is 0 Å². The van der Waals surface area contributed by atoms with Gasteiger partial charge in [-0.2, -0.15) is 5.10 Å². The fourth-order valence-corrected chi connectivity index (χ4v) is 2.86. The van der Waals surface area contributed by atoms with E-state index in [-0.39, 0.29) is 0 Å². The first-order valence-corrected chi connectivity index (χ1v) is 6.58. The number of nitrogens with zero attached hydrogens (tertiary/aromatic N) is 2. The maximum atomic E-state index is 4.17. The zero-order chi connectivity index (χ0) is 11.0. The second-order valence-electron chi connectivity index (χ2n) is 5.42. The molecule has 88 valence electrons. The molecule has 3 heteroatoms. The normalized spacial score (nSPS) is 27.2. The molecule has 1 saturated heterocycles. The number of H-pyrrole nitrogens is 1. The third-order valence-electron chi connectivity index (χ3n) is 4.00. The first-order chi connectivity index (χ1) is 7.84. The molecule has 3 nitrogen and oxygen atoms in total. The third kappa shape index (κ3) is 2.01. The highest BCUT2D eigenvalue weighted by Crippen LogP contribution is 2.36. The number of hydrogen-bond acceptors (Lipinski definition) is 2. The van der Waals surface area contributed by atoms with E-state index < -0.39 is 0 Å². The number of piperidine rings is 1. The van der Waals surface area contributed by atoms with E-state index in [1.54, 1.807) is 0 Å². The van der Waals surface area contributed by atoms with Crippen LogP contribution in [-0.4, -0.2) is 28.2 Å². The van der Waals surface area contributed by atoms with E-state index >= 15 is 0 Å². The van der Waals surface area contributed by atoms with Crippen LogP contribution in [0.5, 0.6) is 0 Å². The second-order valence-corrected chi connectivity index (χ2v) is 5.42. The Labute approximate surface area is 97.2 Å². The number of aromatic amines is 1. The number of rotatable bonds is 3. The van der Waals surface area contributed by atoms with E-state index in [9.17, 15) is 0 Å². The highest BCUT2D eigenvalue weighted by Gasteiger charge is 2.31. The molecule has 0 spiro atoms. The van der Waals surface area contributed by atoms with Crippen LogP contribution in [-0.2, 0) is 0 Å². The molecule has 16 heavy (non-hydrogen) atoms. The van der Waals surface area contributed by atoms with Gasteiger partial charge in [-0.3, -0.25) is 10.00 Å². The maximum Gasteiger partial charge on any atom is 0.0552 e. The third-order valence-corrected chi connectivity index (χ3v) is 4.00. The van der Waals surface area contributed by atoms with Crippen molar-refractivity contribution in [2.75, 3.05) is 13.1 Å². The SMILES string of the molecule is Cc1cn[nH]c1C1CCCCN1CC1CC1. The van der Waals surface area contributed by atoms with Crippen molar-refractivity contribution in [3.05, 3.63) is 17.5 Å². The molecule has 2 heterocycles. The topological polar surface area (TPSA) is 31.9 Å². The molecular weight excluding hydrogens is 198 g/mol. The summed E-state index contributed by atoms with van der Waals surface area (Å²) < 4.78 is 0. The lowest BCUT2D eigenvalue weighted by molar-refractivity contribution is 0.138. The molecule has 1 aliphatic carbocycles. The minimum Gasteiger partial charge on any atom is -0.295 e. The van der Waals surface area contributed by atoms with Gasteiger partial charge in [0.25, 0.3) is 0 Å². The van der Waals surface area contributed by atoms with Gasteiger partial charge in [0.05, 0.1) is 17.9 Å². The Morgan fingerprint density at radius 3 is 2.94 bits per heavy atom. The Hall–Kier alpha value is -0.830. The molecule has 1 unspecified atom stereocenters. The highest BCUT2D eigenvalue weighted by atomic mass is 15.2. The lowest BCUT2D eigenvalue weighted by atomic mass is 9.97. The van der Waals surface area contributed by atoms with E-state index in [1.807, 2.05) is 6.20 Å². The minimum atomic E-state index is 0.608. The number of nitrogens with one attached hydrogen (secondary N) is 1. The summed E-state index contributed by atoms with van der Waals surface area (Å²) in [6, 6.07) is 0.608. The van der Waals surface area contributed by atoms with Crippen LogP contribution in [0, 0.1) is 12.8 Å². The quantitative estimate of drug-likeness (QED) is 0.847. The number of aromatic nitrogens is 2. The predicted molar refractivity (Wildman–Crippen MR) is 64.2 cm³/mol. The van der Waals surface area contributed by atoms with Crippen molar-refractivity contribution < 1.29 is 0 Å². The molecule has 1 aromatic heterocycles. The molecular formula is C13H21N3. The van der Waals surface area contributed by atoms with Crippen LogP contribution in [0.4, 0.5) is 0 Å². The van der Waals surface area contributed by atoms with Crippen molar-refractivity contribution in [3.8, 4) is 0 Å². The fourth-order valence-electron chi connectivity index (χ4n) is 2.86. The van der Waals surface area contributed by atoms with Gasteiger partial charge in [0.15, 0.2) is 0 Å². The summed E-state index contributed by atoms with van der Waals surface area (Å²) in [5.74, 6) is 0.990. The monoisotopic (exact) mass is 219 g/mol. The number of aryl methyl sites for hydroxylation is 1. The summed E-state index contributed by atoms with van der Waals surface area (Å²) in [4.78, 5) is 2.68. The van der Waals surface area contributed by atoms with Gasteiger partial charge in [0.2, 0.25) is 0 Å².